The molecule has 4 bridgehead atoms. The van der Waals surface area contributed by atoms with E-state index < -0.39 is 0 Å². The van der Waals surface area contributed by atoms with Gasteiger partial charge in [-0.05, 0) is 55.8 Å². The first kappa shape index (κ1) is 9.79. The fraction of sp³-hybridized carbons (Fsp3) is 0.917. The second kappa shape index (κ2) is 3.56. The van der Waals surface area contributed by atoms with E-state index in [9.17, 15) is 4.79 Å². The fourth-order valence-corrected chi connectivity index (χ4v) is 4.63. The molecule has 3 heteroatoms. The van der Waals surface area contributed by atoms with Gasteiger partial charge in [0.2, 0.25) is 0 Å². The van der Waals surface area contributed by atoms with Crippen LogP contribution in [0.1, 0.15) is 32.1 Å². The average Bonchev–Trinajstić information content (AvgIpc) is 2.15. The van der Waals surface area contributed by atoms with E-state index in [0.717, 1.165) is 11.8 Å². The first-order chi connectivity index (χ1) is 7.28. The Morgan fingerprint density at radius 1 is 1.07 bits per heavy atom. The Labute approximate surface area is 90.3 Å². The minimum Gasteiger partial charge on any atom is -0.297 e. The first-order valence-corrected chi connectivity index (χ1v) is 6.12. The molecule has 0 aromatic carbocycles. The van der Waals surface area contributed by atoms with Crippen LogP contribution in [0.5, 0.6) is 0 Å². The Kier molecular flexibility index (Phi) is 2.33. The molecule has 2 N–H and O–H groups in total. The lowest BCUT2D eigenvalue weighted by Gasteiger charge is -2.53. The Hall–Kier alpha value is -0.410. The summed E-state index contributed by atoms with van der Waals surface area (Å²) in [6, 6.07) is 0. The molecule has 4 fully saturated rings. The van der Waals surface area contributed by atoms with Crippen molar-refractivity contribution in [2.45, 2.75) is 32.1 Å². The summed E-state index contributed by atoms with van der Waals surface area (Å²) < 4.78 is 0. The van der Waals surface area contributed by atoms with Crippen molar-refractivity contribution in [1.82, 2.24) is 0 Å². The molecule has 0 unspecified atom stereocenters. The van der Waals surface area contributed by atoms with Gasteiger partial charge in [0.15, 0.2) is 5.78 Å². The van der Waals surface area contributed by atoms with Crippen molar-refractivity contribution in [3.63, 3.8) is 0 Å². The van der Waals surface area contributed by atoms with Crippen molar-refractivity contribution < 1.29 is 9.63 Å². The quantitative estimate of drug-likeness (QED) is 0.717. The molecule has 0 heterocycles. The standard InChI is InChI=1S/C12H19NO2/c13-15-6-11(14)12-9-2-7-1-8(4-9)5-10(12)3-7/h7-10,12H,1-6,13H2. The van der Waals surface area contributed by atoms with Crippen LogP contribution >= 0.6 is 0 Å². The van der Waals surface area contributed by atoms with Crippen LogP contribution in [0.2, 0.25) is 0 Å². The zero-order valence-electron chi connectivity index (χ0n) is 9.02. The Balaban J connectivity index is 1.77. The minimum absolute atomic E-state index is 0.118. The summed E-state index contributed by atoms with van der Waals surface area (Å²) in [5, 5.41) is 0. The number of ketones is 1. The van der Waals surface area contributed by atoms with Gasteiger partial charge >= 0.3 is 0 Å². The highest BCUT2D eigenvalue weighted by Gasteiger charge is 2.50. The number of carbonyl (C=O) groups excluding carboxylic acids is 1. The van der Waals surface area contributed by atoms with E-state index in [4.69, 9.17) is 5.90 Å². The van der Waals surface area contributed by atoms with Crippen molar-refractivity contribution in [3.05, 3.63) is 0 Å². The summed E-state index contributed by atoms with van der Waals surface area (Å²) in [5.74, 6) is 8.70. The monoisotopic (exact) mass is 209 g/mol. The second-order valence-electron chi connectivity index (χ2n) is 5.73. The average molecular weight is 209 g/mol. The lowest BCUT2D eigenvalue weighted by molar-refractivity contribution is -0.140. The van der Waals surface area contributed by atoms with Crippen molar-refractivity contribution in [2.75, 3.05) is 6.61 Å². The van der Waals surface area contributed by atoms with Gasteiger partial charge in [-0.25, -0.2) is 5.90 Å². The maximum atomic E-state index is 11.9. The number of nitrogens with two attached hydrogens (primary N) is 1. The highest BCUT2D eigenvalue weighted by molar-refractivity contribution is 5.83. The summed E-state index contributed by atoms with van der Waals surface area (Å²) in [6.45, 7) is 0.118. The van der Waals surface area contributed by atoms with Crippen LogP contribution in [0.4, 0.5) is 0 Å². The van der Waals surface area contributed by atoms with Gasteiger partial charge < -0.3 is 0 Å². The molecular weight excluding hydrogens is 190 g/mol. The van der Waals surface area contributed by atoms with Crippen LogP contribution in [0.3, 0.4) is 0 Å². The smallest absolute Gasteiger partial charge is 0.164 e. The molecule has 0 aromatic rings. The molecule has 4 aliphatic carbocycles. The highest BCUT2D eigenvalue weighted by atomic mass is 16.6. The van der Waals surface area contributed by atoms with Crippen molar-refractivity contribution >= 4 is 5.78 Å². The molecule has 15 heavy (non-hydrogen) atoms. The van der Waals surface area contributed by atoms with Crippen LogP contribution in [0.25, 0.3) is 0 Å². The molecule has 0 radical (unpaired) electrons. The predicted octanol–water partition coefficient (Wildman–Crippen LogP) is 1.52. The van der Waals surface area contributed by atoms with Gasteiger partial charge in [-0.3, -0.25) is 9.63 Å². The predicted molar refractivity (Wildman–Crippen MR) is 55.7 cm³/mol. The summed E-state index contributed by atoms with van der Waals surface area (Å²) in [4.78, 5) is 16.4. The SMILES string of the molecule is NOCC(=O)C1C2CC3CC(C2)CC1C3. The Bertz CT molecular complexity index is 249. The molecule has 0 aliphatic heterocycles. The third-order valence-corrected chi connectivity index (χ3v) is 4.82. The third kappa shape index (κ3) is 1.53. The van der Waals surface area contributed by atoms with E-state index in [1.54, 1.807) is 0 Å². The van der Waals surface area contributed by atoms with E-state index in [1.807, 2.05) is 0 Å². The van der Waals surface area contributed by atoms with Gasteiger partial charge in [-0.15, -0.1) is 0 Å². The molecular formula is C12H19NO2. The number of Topliss-reactive ketones (excluding diaryl/α,β-unsaturated/α-hetero) is 1. The van der Waals surface area contributed by atoms with Gasteiger partial charge in [-0.2, -0.15) is 0 Å². The first-order valence-electron chi connectivity index (χ1n) is 6.12. The molecule has 3 nitrogen and oxygen atoms in total. The number of carbonyl (C=O) groups is 1. The molecule has 0 aromatic heterocycles. The van der Waals surface area contributed by atoms with Gasteiger partial charge in [0.1, 0.15) is 6.61 Å². The third-order valence-electron chi connectivity index (χ3n) is 4.82. The van der Waals surface area contributed by atoms with E-state index in [-0.39, 0.29) is 18.3 Å². The van der Waals surface area contributed by atoms with Crippen LogP contribution in [-0.2, 0) is 9.63 Å². The van der Waals surface area contributed by atoms with Crippen molar-refractivity contribution in [3.8, 4) is 0 Å². The maximum absolute atomic E-state index is 11.9. The highest BCUT2D eigenvalue weighted by Crippen LogP contribution is 2.56. The van der Waals surface area contributed by atoms with Crippen molar-refractivity contribution in [1.29, 1.82) is 0 Å². The lowest BCUT2D eigenvalue weighted by Crippen LogP contribution is -2.48. The van der Waals surface area contributed by atoms with Crippen LogP contribution in [0.15, 0.2) is 0 Å². The molecule has 4 saturated carbocycles. The molecule has 4 rings (SSSR count). The summed E-state index contributed by atoms with van der Waals surface area (Å²) in [7, 11) is 0. The van der Waals surface area contributed by atoms with Crippen LogP contribution in [0, 0.1) is 29.6 Å². The normalized spacial score (nSPS) is 47.1. The van der Waals surface area contributed by atoms with Crippen LogP contribution in [-0.4, -0.2) is 12.4 Å². The number of hydrogen-bond acceptors (Lipinski definition) is 3. The Morgan fingerprint density at radius 3 is 2.07 bits per heavy atom. The zero-order chi connectivity index (χ0) is 10.4. The van der Waals surface area contributed by atoms with Gasteiger partial charge in [-0.1, -0.05) is 0 Å². The molecule has 0 amide bonds. The van der Waals surface area contributed by atoms with Crippen molar-refractivity contribution in [2.24, 2.45) is 35.5 Å². The summed E-state index contributed by atoms with van der Waals surface area (Å²) in [6.07, 6.45) is 6.57. The topological polar surface area (TPSA) is 52.3 Å². The fourth-order valence-electron chi connectivity index (χ4n) is 4.63. The van der Waals surface area contributed by atoms with E-state index >= 15 is 0 Å². The lowest BCUT2D eigenvalue weighted by atomic mass is 9.51. The van der Waals surface area contributed by atoms with E-state index in [0.29, 0.717) is 11.8 Å². The van der Waals surface area contributed by atoms with Gasteiger partial charge in [0, 0.05) is 5.92 Å². The number of rotatable bonds is 3. The minimum atomic E-state index is 0.118. The molecule has 0 spiro atoms. The molecule has 4 aliphatic rings. The molecule has 0 saturated heterocycles. The van der Waals surface area contributed by atoms with E-state index in [2.05, 4.69) is 4.84 Å². The molecule has 0 atom stereocenters. The van der Waals surface area contributed by atoms with E-state index in [1.165, 1.54) is 32.1 Å². The molecule has 84 valence electrons. The Morgan fingerprint density at radius 2 is 1.60 bits per heavy atom. The number of hydrogen-bond donors (Lipinski definition) is 1. The summed E-state index contributed by atoms with van der Waals surface area (Å²) >= 11 is 0. The van der Waals surface area contributed by atoms with Gasteiger partial charge in [0.05, 0.1) is 0 Å². The largest absolute Gasteiger partial charge is 0.297 e. The second-order valence-corrected chi connectivity index (χ2v) is 5.73. The maximum Gasteiger partial charge on any atom is 0.164 e. The summed E-state index contributed by atoms with van der Waals surface area (Å²) in [5.41, 5.74) is 0. The van der Waals surface area contributed by atoms with Gasteiger partial charge in [0.25, 0.3) is 0 Å². The zero-order valence-corrected chi connectivity index (χ0v) is 9.02. The van der Waals surface area contributed by atoms with Crippen LogP contribution < -0.4 is 5.90 Å².